The van der Waals surface area contributed by atoms with E-state index in [0.29, 0.717) is 103 Å². The SMILES string of the molecule is CCOC(=O)c1ccc(CC2CCCCC2)c(NCc2cccc(Cl)c2)c1.CCOC(=O)c1ccc(CC2CCCCC2)c(NCc2ccccc2)c1.CCOC(=O)c1ccc(NC2CCCCC2)c(NC(=O)OC)c1.CCOC(=O)c1ccc(NC2CCCCC2)c(NC(=O)OCc2ccccc2)c1.CCOC(=O)c1ccc(NC2CCCCC2)c(NC(C)=O)c1. The first kappa shape index (κ1) is 99.2. The molecular weight excluding hydrogens is 1620 g/mol. The number of rotatable bonds is 31. The van der Waals surface area contributed by atoms with Crippen molar-refractivity contribution in [3.63, 3.8) is 0 Å². The van der Waals surface area contributed by atoms with Crippen LogP contribution in [0.15, 0.2) is 176 Å². The summed E-state index contributed by atoms with van der Waals surface area (Å²) in [6, 6.07) is 56.2. The van der Waals surface area contributed by atoms with E-state index >= 15 is 0 Å². The molecule has 5 fully saturated rings. The molecule has 23 nitrogen and oxygen atoms in total. The number of benzene rings is 8. The maximum absolute atomic E-state index is 12.4. The fourth-order valence-electron chi connectivity index (χ4n) is 16.5. The first-order chi connectivity index (χ1) is 61.8. The number of carbonyl (C=O) groups excluding carboxylic acids is 8. The highest BCUT2D eigenvalue weighted by molar-refractivity contribution is 6.30. The van der Waals surface area contributed by atoms with Gasteiger partial charge < -0.3 is 65.1 Å². The van der Waals surface area contributed by atoms with Crippen LogP contribution < -0.4 is 42.5 Å². The average Bonchev–Trinajstić information content (AvgIpc) is 0.837. The number of ether oxygens (including phenoxy) is 7. The summed E-state index contributed by atoms with van der Waals surface area (Å²) in [5.41, 5.74) is 14.4. The van der Waals surface area contributed by atoms with E-state index in [1.165, 1.54) is 153 Å². The third kappa shape index (κ3) is 34.9. The number of methoxy groups -OCH3 is 1. The van der Waals surface area contributed by atoms with Gasteiger partial charge in [-0.3, -0.25) is 15.4 Å². The minimum Gasteiger partial charge on any atom is -0.462 e. The third-order valence-corrected chi connectivity index (χ3v) is 23.3. The van der Waals surface area contributed by atoms with Crippen LogP contribution in [-0.2, 0) is 70.5 Å². The van der Waals surface area contributed by atoms with E-state index in [0.717, 1.165) is 114 Å². The van der Waals surface area contributed by atoms with Crippen LogP contribution >= 0.6 is 11.6 Å². The first-order valence-corrected chi connectivity index (χ1v) is 46.4. The zero-order valence-corrected chi connectivity index (χ0v) is 76.1. The number of anilines is 8. The van der Waals surface area contributed by atoms with E-state index < -0.39 is 24.1 Å². The number of nitrogens with one attached hydrogen (secondary N) is 8. The summed E-state index contributed by atoms with van der Waals surface area (Å²) in [5, 5.41) is 26.5. The zero-order chi connectivity index (χ0) is 90.3. The van der Waals surface area contributed by atoms with Crippen LogP contribution in [0.3, 0.4) is 0 Å². The van der Waals surface area contributed by atoms with E-state index in [-0.39, 0.29) is 30.4 Å². The predicted molar refractivity (Wildman–Crippen MR) is 507 cm³/mol. The van der Waals surface area contributed by atoms with Gasteiger partial charge in [-0.05, 0) is 217 Å². The lowest BCUT2D eigenvalue weighted by Gasteiger charge is -2.25. The van der Waals surface area contributed by atoms with Crippen molar-refractivity contribution in [3.05, 3.63) is 237 Å². The first-order valence-electron chi connectivity index (χ1n) is 46.0. The van der Waals surface area contributed by atoms with E-state index in [2.05, 4.69) is 89.7 Å². The fraction of sp³-hybridized carbons (Fsp3) is 0.456. The minimum atomic E-state index is -0.572. The summed E-state index contributed by atoms with van der Waals surface area (Å²) in [6.07, 6.45) is 32.1. The lowest BCUT2D eigenvalue weighted by atomic mass is 9.84. The van der Waals surface area contributed by atoms with Crippen LogP contribution in [0.2, 0.25) is 5.02 Å². The van der Waals surface area contributed by atoms with Crippen molar-refractivity contribution in [1.29, 1.82) is 0 Å². The quantitative estimate of drug-likeness (QED) is 0.0148. The van der Waals surface area contributed by atoms with E-state index in [1.807, 2.05) is 105 Å². The van der Waals surface area contributed by atoms with Crippen molar-refractivity contribution in [1.82, 2.24) is 0 Å². The van der Waals surface area contributed by atoms with Gasteiger partial charge >= 0.3 is 42.0 Å². The summed E-state index contributed by atoms with van der Waals surface area (Å²) >= 11 is 6.10. The minimum absolute atomic E-state index is 0.160. The molecule has 0 radical (unpaired) electrons. The standard InChI is InChI=1S/C23H28ClNO2.C23H28N2O4.C23H29NO2.C17H24N2O4.C17H24N2O3/c1-2-27-23(26)20-12-11-19(13-17-7-4-3-5-8-17)22(15-20)25-16-18-9-6-10-21(24)14-18;1-2-28-22(26)18-13-14-20(24-19-11-7-4-8-12-19)21(15-18)25-23(27)29-16-17-9-5-3-6-10-17;1-2-26-23(25)21-14-13-20(15-18-9-5-3-6-10-18)22(16-21)24-17-19-11-7-4-8-12-19;1-3-23-16(20)12-9-10-14(15(11-12)19-17(21)22-2)18-13-7-5-4-6-8-13;1-3-22-17(21)13-9-10-15(16(11-13)18-12(2)20)19-14-7-5-4-6-8-14/h6,9-12,14-15,17,25H,2-5,7-8,13,16H2,1H3;3,5-6,9-10,13-15,19,24H,2,4,7-8,11-12,16H2,1H3,(H,25,27);4,7-8,11-14,16,18,24H,2-3,5-6,9-10,15,17H2,1H3;9-11,13,18H,3-8H2,1-2H3,(H,19,21);9-11,14,19H,3-8H2,1-2H3,(H,18,20). The van der Waals surface area contributed by atoms with E-state index in [1.54, 1.807) is 63.2 Å². The van der Waals surface area contributed by atoms with Gasteiger partial charge in [0.1, 0.15) is 6.61 Å². The smallest absolute Gasteiger partial charge is 0.412 e. The van der Waals surface area contributed by atoms with Gasteiger partial charge in [-0.1, -0.05) is 219 Å². The van der Waals surface area contributed by atoms with Gasteiger partial charge in [0.05, 0.1) is 102 Å². The highest BCUT2D eigenvalue weighted by atomic mass is 35.5. The topological polar surface area (TPSA) is 297 Å². The van der Waals surface area contributed by atoms with Gasteiger partial charge in [-0.2, -0.15) is 0 Å². The molecule has 8 aromatic rings. The van der Waals surface area contributed by atoms with Crippen LogP contribution in [0.25, 0.3) is 0 Å². The number of esters is 5. The Balaban J connectivity index is 0.000000180. The molecule has 24 heteroatoms. The Morgan fingerprint density at radius 3 is 0.976 bits per heavy atom. The summed E-state index contributed by atoms with van der Waals surface area (Å²) < 4.78 is 35.4. The van der Waals surface area contributed by atoms with Crippen LogP contribution in [0.4, 0.5) is 55.1 Å². The summed E-state index contributed by atoms with van der Waals surface area (Å²) in [6.45, 7) is 13.7. The lowest BCUT2D eigenvalue weighted by molar-refractivity contribution is -0.114. The number of hydrogen-bond acceptors (Lipinski definition) is 20. The Morgan fingerprint density at radius 2 is 0.630 bits per heavy atom. The van der Waals surface area contributed by atoms with E-state index in [4.69, 9.17) is 40.0 Å². The predicted octanol–water partition coefficient (Wildman–Crippen LogP) is 24.6. The molecule has 127 heavy (non-hydrogen) atoms. The van der Waals surface area contributed by atoms with Crippen molar-refractivity contribution in [3.8, 4) is 0 Å². The molecule has 0 atom stereocenters. The Hall–Kier alpha value is -11.6. The summed E-state index contributed by atoms with van der Waals surface area (Å²) in [7, 11) is 1.30. The van der Waals surface area contributed by atoms with Crippen molar-refractivity contribution in [2.45, 2.75) is 253 Å². The molecule has 5 saturated carbocycles. The fourth-order valence-corrected chi connectivity index (χ4v) is 16.7. The van der Waals surface area contributed by atoms with Crippen LogP contribution in [0, 0.1) is 11.8 Å². The number of halogens is 1. The molecule has 0 saturated heterocycles. The van der Waals surface area contributed by atoms with E-state index in [9.17, 15) is 38.4 Å². The molecule has 0 unspecified atom stereocenters. The Kier molecular flexibility index (Phi) is 43.0. The Bertz CT molecular complexity index is 4750. The highest BCUT2D eigenvalue weighted by Crippen LogP contribution is 2.36. The maximum atomic E-state index is 12.4. The van der Waals surface area contributed by atoms with Crippen molar-refractivity contribution in [2.75, 3.05) is 82.7 Å². The van der Waals surface area contributed by atoms with Crippen molar-refractivity contribution in [2.24, 2.45) is 11.8 Å². The molecule has 0 aromatic heterocycles. The molecule has 13 rings (SSSR count). The molecule has 5 aliphatic carbocycles. The number of hydrogen-bond donors (Lipinski definition) is 8. The number of amides is 3. The highest BCUT2D eigenvalue weighted by Gasteiger charge is 2.25. The zero-order valence-electron chi connectivity index (χ0n) is 75.4. The molecule has 8 aromatic carbocycles. The van der Waals surface area contributed by atoms with Crippen molar-refractivity contribution < 1.29 is 71.5 Å². The average molecular weight is 1760 g/mol. The monoisotopic (exact) mass is 1760 g/mol. The molecular formula is C103H133ClN8O15. The Morgan fingerprint density at radius 1 is 0.315 bits per heavy atom. The second kappa shape index (κ2) is 55.1. The summed E-state index contributed by atoms with van der Waals surface area (Å²) in [5.74, 6) is -0.395. The molecule has 3 amide bonds. The largest absolute Gasteiger partial charge is 0.462 e. The third-order valence-electron chi connectivity index (χ3n) is 23.1. The summed E-state index contributed by atoms with van der Waals surface area (Å²) in [4.78, 5) is 95.4. The van der Waals surface area contributed by atoms with Crippen LogP contribution in [0.1, 0.15) is 282 Å². The molecule has 5 aliphatic rings. The second-order valence-corrected chi connectivity index (χ2v) is 33.2. The van der Waals surface area contributed by atoms with Crippen LogP contribution in [-0.4, -0.2) is 106 Å². The van der Waals surface area contributed by atoms with Gasteiger partial charge in [0.25, 0.3) is 0 Å². The van der Waals surface area contributed by atoms with Crippen LogP contribution in [0.5, 0.6) is 0 Å². The normalized spacial score (nSPS) is 14.7. The maximum Gasteiger partial charge on any atom is 0.412 e. The number of carbonyl (C=O) groups is 8. The van der Waals surface area contributed by atoms with Gasteiger partial charge in [-0.25, -0.2) is 33.6 Å². The molecule has 0 bridgehead atoms. The molecule has 0 spiro atoms. The molecule has 682 valence electrons. The van der Waals surface area contributed by atoms with Crippen molar-refractivity contribution >= 4 is 105 Å². The van der Waals surface area contributed by atoms with Gasteiger partial charge in [0.15, 0.2) is 0 Å². The van der Waals surface area contributed by atoms with Gasteiger partial charge in [0.2, 0.25) is 5.91 Å². The van der Waals surface area contributed by atoms with Gasteiger partial charge in [-0.15, -0.1) is 0 Å². The molecule has 8 N–H and O–H groups in total. The molecule has 0 heterocycles. The Labute approximate surface area is 756 Å². The van der Waals surface area contributed by atoms with Gasteiger partial charge in [0, 0.05) is 54.5 Å². The second-order valence-electron chi connectivity index (χ2n) is 32.8. The molecule has 0 aliphatic heterocycles. The lowest BCUT2D eigenvalue weighted by Crippen LogP contribution is -2.24.